The van der Waals surface area contributed by atoms with Crippen LogP contribution in [0.4, 0.5) is 5.69 Å². The molecule has 146 valence electrons. The van der Waals surface area contributed by atoms with Crippen LogP contribution in [0.2, 0.25) is 0 Å². The Kier molecular flexibility index (Phi) is 5.38. The lowest BCUT2D eigenvalue weighted by Crippen LogP contribution is -2.15. The van der Waals surface area contributed by atoms with Gasteiger partial charge in [0.15, 0.2) is 0 Å². The Bertz CT molecular complexity index is 1150. The van der Waals surface area contributed by atoms with Crippen molar-refractivity contribution in [1.82, 2.24) is 14.8 Å². The molecule has 0 aliphatic carbocycles. The molecule has 5 heteroatoms. The molecule has 0 aliphatic heterocycles. The van der Waals surface area contributed by atoms with E-state index in [9.17, 15) is 4.79 Å². The standard InChI is InChI=1S/C24H24N4O/c1-3-18-14-22(19-12-8-9-13-21(19)26-18)27-24(29)20-15-25-28(23(20)4-2)16-17-10-6-5-7-11-17/h5-15H,3-4,16H2,1-2H3,(H,26,27,29). The highest BCUT2D eigenvalue weighted by atomic mass is 16.1. The molecule has 0 aliphatic rings. The number of nitrogens with zero attached hydrogens (tertiary/aromatic N) is 3. The van der Waals surface area contributed by atoms with Crippen LogP contribution in [0.5, 0.6) is 0 Å². The Morgan fingerprint density at radius 2 is 1.76 bits per heavy atom. The van der Waals surface area contributed by atoms with E-state index in [4.69, 9.17) is 0 Å². The number of fused-ring (bicyclic) bond motifs is 1. The van der Waals surface area contributed by atoms with Crippen LogP contribution in [0, 0.1) is 0 Å². The van der Waals surface area contributed by atoms with Crippen LogP contribution in [0.3, 0.4) is 0 Å². The second kappa shape index (κ2) is 8.27. The van der Waals surface area contributed by atoms with Crippen molar-refractivity contribution < 1.29 is 4.79 Å². The van der Waals surface area contributed by atoms with E-state index in [0.717, 1.165) is 46.4 Å². The first kappa shape index (κ1) is 18.9. The minimum absolute atomic E-state index is 0.139. The van der Waals surface area contributed by atoms with Gasteiger partial charge < -0.3 is 5.32 Å². The van der Waals surface area contributed by atoms with Crippen molar-refractivity contribution in [3.8, 4) is 0 Å². The van der Waals surface area contributed by atoms with Gasteiger partial charge in [-0.25, -0.2) is 0 Å². The molecule has 1 amide bonds. The molecule has 4 aromatic rings. The molecule has 2 aromatic heterocycles. The van der Waals surface area contributed by atoms with E-state index in [2.05, 4.69) is 34.5 Å². The number of aryl methyl sites for hydroxylation is 1. The number of hydrogen-bond donors (Lipinski definition) is 1. The Morgan fingerprint density at radius 3 is 2.52 bits per heavy atom. The highest BCUT2D eigenvalue weighted by molar-refractivity contribution is 6.09. The summed E-state index contributed by atoms with van der Waals surface area (Å²) in [6.45, 7) is 4.76. The minimum atomic E-state index is -0.139. The predicted octanol–water partition coefficient (Wildman–Crippen LogP) is 4.86. The third-order valence-corrected chi connectivity index (χ3v) is 5.08. The van der Waals surface area contributed by atoms with Crippen molar-refractivity contribution in [2.24, 2.45) is 0 Å². The molecule has 0 atom stereocenters. The molecule has 0 bridgehead atoms. The molecule has 2 aromatic carbocycles. The summed E-state index contributed by atoms with van der Waals surface area (Å²) in [5.74, 6) is -0.139. The van der Waals surface area contributed by atoms with Gasteiger partial charge in [-0.2, -0.15) is 5.10 Å². The van der Waals surface area contributed by atoms with Gasteiger partial charge >= 0.3 is 0 Å². The average Bonchev–Trinajstić information content (AvgIpc) is 3.17. The molecule has 0 saturated heterocycles. The molecule has 0 radical (unpaired) electrons. The van der Waals surface area contributed by atoms with Crippen molar-refractivity contribution in [3.63, 3.8) is 0 Å². The highest BCUT2D eigenvalue weighted by Crippen LogP contribution is 2.24. The first-order valence-electron chi connectivity index (χ1n) is 9.98. The zero-order valence-corrected chi connectivity index (χ0v) is 16.7. The van der Waals surface area contributed by atoms with Crippen LogP contribution in [-0.4, -0.2) is 20.7 Å². The SMILES string of the molecule is CCc1cc(NC(=O)c2cnn(Cc3ccccc3)c2CC)c2ccccc2n1. The smallest absolute Gasteiger partial charge is 0.259 e. The summed E-state index contributed by atoms with van der Waals surface area (Å²) in [6, 6.07) is 20.0. The number of rotatable bonds is 6. The quantitative estimate of drug-likeness (QED) is 0.517. The van der Waals surface area contributed by atoms with E-state index >= 15 is 0 Å². The Morgan fingerprint density at radius 1 is 1.00 bits per heavy atom. The first-order valence-corrected chi connectivity index (χ1v) is 9.98. The van der Waals surface area contributed by atoms with Crippen LogP contribution in [0.1, 0.15) is 41.2 Å². The monoisotopic (exact) mass is 384 g/mol. The highest BCUT2D eigenvalue weighted by Gasteiger charge is 2.18. The molecular formula is C24H24N4O. The average molecular weight is 384 g/mol. The molecule has 2 heterocycles. The maximum atomic E-state index is 13.1. The number of benzene rings is 2. The van der Waals surface area contributed by atoms with Crippen molar-refractivity contribution in [3.05, 3.63) is 89.4 Å². The van der Waals surface area contributed by atoms with Crippen molar-refractivity contribution in [2.45, 2.75) is 33.2 Å². The third kappa shape index (κ3) is 3.90. The molecule has 29 heavy (non-hydrogen) atoms. The van der Waals surface area contributed by atoms with E-state index < -0.39 is 0 Å². The first-order chi connectivity index (χ1) is 14.2. The topological polar surface area (TPSA) is 59.8 Å². The molecule has 0 spiro atoms. The van der Waals surface area contributed by atoms with Gasteiger partial charge in [-0.1, -0.05) is 62.4 Å². The molecule has 1 N–H and O–H groups in total. The van der Waals surface area contributed by atoms with E-state index in [1.165, 1.54) is 0 Å². The minimum Gasteiger partial charge on any atom is -0.321 e. The zero-order valence-electron chi connectivity index (χ0n) is 16.7. The van der Waals surface area contributed by atoms with Crippen LogP contribution in [-0.2, 0) is 19.4 Å². The van der Waals surface area contributed by atoms with Crippen molar-refractivity contribution in [2.75, 3.05) is 5.32 Å². The fourth-order valence-electron chi connectivity index (χ4n) is 3.57. The van der Waals surface area contributed by atoms with E-state index in [1.54, 1.807) is 6.20 Å². The Labute approximate surface area is 170 Å². The fraction of sp³-hybridized carbons (Fsp3) is 0.208. The maximum Gasteiger partial charge on any atom is 0.259 e. The van der Waals surface area contributed by atoms with Crippen LogP contribution in [0.15, 0.2) is 66.9 Å². The summed E-state index contributed by atoms with van der Waals surface area (Å²) in [7, 11) is 0. The van der Waals surface area contributed by atoms with Gasteiger partial charge in [0, 0.05) is 11.1 Å². The van der Waals surface area contributed by atoms with Crippen LogP contribution >= 0.6 is 0 Å². The number of nitrogens with one attached hydrogen (secondary N) is 1. The summed E-state index contributed by atoms with van der Waals surface area (Å²) in [6.07, 6.45) is 3.21. The lowest BCUT2D eigenvalue weighted by atomic mass is 10.1. The van der Waals surface area contributed by atoms with Gasteiger partial charge in [0.25, 0.3) is 5.91 Å². The third-order valence-electron chi connectivity index (χ3n) is 5.08. The van der Waals surface area contributed by atoms with E-state index in [0.29, 0.717) is 12.1 Å². The number of aromatic nitrogens is 3. The summed E-state index contributed by atoms with van der Waals surface area (Å²) < 4.78 is 1.91. The maximum absolute atomic E-state index is 13.1. The second-order valence-corrected chi connectivity index (χ2v) is 6.99. The van der Waals surface area contributed by atoms with Crippen molar-refractivity contribution in [1.29, 1.82) is 0 Å². The van der Waals surface area contributed by atoms with Crippen molar-refractivity contribution >= 4 is 22.5 Å². The number of anilines is 1. The van der Waals surface area contributed by atoms with Gasteiger partial charge in [-0.15, -0.1) is 0 Å². The number of carbonyl (C=O) groups excluding carboxylic acids is 1. The number of carbonyl (C=O) groups is 1. The molecular weight excluding hydrogens is 360 g/mol. The zero-order chi connectivity index (χ0) is 20.2. The summed E-state index contributed by atoms with van der Waals surface area (Å²) >= 11 is 0. The molecule has 0 unspecified atom stereocenters. The number of amides is 1. The summed E-state index contributed by atoms with van der Waals surface area (Å²) in [5, 5.41) is 8.52. The van der Waals surface area contributed by atoms with Gasteiger partial charge in [-0.05, 0) is 30.5 Å². The lowest BCUT2D eigenvalue weighted by molar-refractivity contribution is 0.102. The molecule has 4 rings (SSSR count). The number of para-hydroxylation sites is 1. The normalized spacial score (nSPS) is 11.0. The second-order valence-electron chi connectivity index (χ2n) is 6.99. The lowest BCUT2D eigenvalue weighted by Gasteiger charge is -2.11. The van der Waals surface area contributed by atoms with Gasteiger partial charge in [0.05, 0.1) is 35.2 Å². The summed E-state index contributed by atoms with van der Waals surface area (Å²) in [4.78, 5) is 17.8. The molecule has 5 nitrogen and oxygen atoms in total. The van der Waals surface area contributed by atoms with Gasteiger partial charge in [-0.3, -0.25) is 14.5 Å². The van der Waals surface area contributed by atoms with Gasteiger partial charge in [0.1, 0.15) is 0 Å². The van der Waals surface area contributed by atoms with E-state index in [1.807, 2.05) is 60.1 Å². The largest absolute Gasteiger partial charge is 0.321 e. The Hall–Kier alpha value is -3.47. The Balaban J connectivity index is 1.65. The summed E-state index contributed by atoms with van der Waals surface area (Å²) in [5.41, 5.74) is 5.33. The van der Waals surface area contributed by atoms with Gasteiger partial charge in [0.2, 0.25) is 0 Å². The van der Waals surface area contributed by atoms with Crippen LogP contribution in [0.25, 0.3) is 10.9 Å². The van der Waals surface area contributed by atoms with Crippen LogP contribution < -0.4 is 5.32 Å². The fourth-order valence-corrected chi connectivity index (χ4v) is 3.57. The van der Waals surface area contributed by atoms with E-state index in [-0.39, 0.29) is 5.91 Å². The predicted molar refractivity (Wildman–Crippen MR) is 116 cm³/mol. The number of hydrogen-bond acceptors (Lipinski definition) is 3. The molecule has 0 fully saturated rings. The number of pyridine rings is 1. The molecule has 0 saturated carbocycles.